The zero-order chi connectivity index (χ0) is 18.3. The number of nitrogens with zero attached hydrogens (tertiary/aromatic N) is 5. The van der Waals surface area contributed by atoms with Gasteiger partial charge in [0.2, 0.25) is 16.2 Å². The number of hydrogen-bond acceptors (Lipinski definition) is 8. The van der Waals surface area contributed by atoms with Gasteiger partial charge in [-0.1, -0.05) is 29.2 Å². The Hall–Kier alpha value is -2.59. The van der Waals surface area contributed by atoms with Gasteiger partial charge < -0.3 is 4.98 Å². The number of aromatic nitrogens is 6. The summed E-state index contributed by atoms with van der Waals surface area (Å²) in [5.74, 6) is -0.0116. The lowest BCUT2D eigenvalue weighted by atomic mass is 10.1. The van der Waals surface area contributed by atoms with Crippen molar-refractivity contribution < 1.29 is 4.79 Å². The van der Waals surface area contributed by atoms with Crippen molar-refractivity contribution >= 4 is 56.2 Å². The van der Waals surface area contributed by atoms with E-state index in [1.807, 2.05) is 13.8 Å². The van der Waals surface area contributed by atoms with Gasteiger partial charge in [0.25, 0.3) is 0 Å². The predicted molar refractivity (Wildman–Crippen MR) is 103 cm³/mol. The Morgan fingerprint density at radius 2 is 2.04 bits per heavy atom. The van der Waals surface area contributed by atoms with Gasteiger partial charge >= 0.3 is 0 Å². The molecule has 0 saturated carbocycles. The van der Waals surface area contributed by atoms with E-state index in [-0.39, 0.29) is 11.7 Å². The molecule has 3 heterocycles. The molecule has 0 fully saturated rings. The van der Waals surface area contributed by atoms with Gasteiger partial charge in [-0.25, -0.2) is 4.98 Å². The van der Waals surface area contributed by atoms with E-state index in [4.69, 9.17) is 0 Å². The third-order valence-corrected chi connectivity index (χ3v) is 5.33. The van der Waals surface area contributed by atoms with Crippen LogP contribution < -0.4 is 5.32 Å². The molecular formula is C16H15N7OS2. The summed E-state index contributed by atoms with van der Waals surface area (Å²) in [7, 11) is 0. The first-order chi connectivity index (χ1) is 12.5. The molecular weight excluding hydrogens is 370 g/mol. The summed E-state index contributed by atoms with van der Waals surface area (Å²) in [5.41, 5.74) is 4.72. The minimum Gasteiger partial charge on any atom is -0.338 e. The zero-order valence-electron chi connectivity index (χ0n) is 14.3. The number of nitrogens with one attached hydrogen (secondary N) is 2. The number of H-pyrrole nitrogens is 1. The molecule has 4 aromatic rings. The number of thioether (sulfide) groups is 1. The molecule has 2 N–H and O–H groups in total. The Morgan fingerprint density at radius 3 is 2.81 bits per heavy atom. The summed E-state index contributed by atoms with van der Waals surface area (Å²) in [6, 6.07) is 4.18. The largest absolute Gasteiger partial charge is 0.338 e. The Kier molecular flexibility index (Phi) is 4.29. The molecule has 0 saturated heterocycles. The molecule has 0 atom stereocenters. The summed E-state index contributed by atoms with van der Waals surface area (Å²) in [4.78, 5) is 19.8. The molecule has 3 aromatic heterocycles. The number of carbonyl (C=O) groups excluding carboxylic acids is 1. The highest BCUT2D eigenvalue weighted by Crippen LogP contribution is 2.27. The number of aryl methyl sites for hydroxylation is 3. The highest BCUT2D eigenvalue weighted by molar-refractivity contribution is 7.99. The van der Waals surface area contributed by atoms with Gasteiger partial charge in [-0.05, 0) is 38.0 Å². The number of anilines is 1. The van der Waals surface area contributed by atoms with Crippen LogP contribution >= 0.6 is 23.1 Å². The van der Waals surface area contributed by atoms with Crippen molar-refractivity contribution in [2.24, 2.45) is 0 Å². The van der Waals surface area contributed by atoms with E-state index in [0.29, 0.717) is 15.9 Å². The van der Waals surface area contributed by atoms with Crippen molar-refractivity contribution in [3.8, 4) is 0 Å². The third-order valence-electron chi connectivity index (χ3n) is 3.74. The van der Waals surface area contributed by atoms with Gasteiger partial charge in [0.05, 0.1) is 5.75 Å². The molecule has 8 nitrogen and oxygen atoms in total. The van der Waals surface area contributed by atoms with Crippen LogP contribution in [0.15, 0.2) is 17.3 Å². The normalized spacial score (nSPS) is 11.3. The lowest BCUT2D eigenvalue weighted by Crippen LogP contribution is -2.14. The van der Waals surface area contributed by atoms with E-state index in [0.717, 1.165) is 27.0 Å². The van der Waals surface area contributed by atoms with Crippen molar-refractivity contribution in [1.82, 2.24) is 30.4 Å². The average Bonchev–Trinajstić information content (AvgIpc) is 3.15. The van der Waals surface area contributed by atoms with E-state index >= 15 is 0 Å². The number of carbonyl (C=O) groups is 1. The summed E-state index contributed by atoms with van der Waals surface area (Å²) in [6.07, 6.45) is 0. The minimum absolute atomic E-state index is 0.171. The van der Waals surface area contributed by atoms with Crippen LogP contribution in [0.4, 0.5) is 5.13 Å². The summed E-state index contributed by atoms with van der Waals surface area (Å²) in [6.45, 7) is 5.93. The van der Waals surface area contributed by atoms with Crippen LogP contribution in [0.25, 0.3) is 22.1 Å². The second-order valence-electron chi connectivity index (χ2n) is 5.88. The van der Waals surface area contributed by atoms with Crippen molar-refractivity contribution in [2.45, 2.75) is 25.9 Å². The standard InChI is InChI=1S/C16H15N7OS2/c1-7-4-8(2)12-10(5-7)17-14-13(12)21-22-15(19-14)25-6-11(24)18-16-23-20-9(3)26-16/h4-5H,6H2,1-3H3,(H,17,19,22)(H,18,23,24). The fourth-order valence-corrected chi connectivity index (χ4v) is 3.96. The SMILES string of the molecule is Cc1cc(C)c2c(c1)[nH]c1nc(SCC(=O)Nc3nnc(C)s3)nnc12. The molecule has 0 unspecified atom stereocenters. The van der Waals surface area contributed by atoms with Crippen molar-refractivity contribution in [3.63, 3.8) is 0 Å². The summed E-state index contributed by atoms with van der Waals surface area (Å²) in [5, 5.41) is 21.7. The molecule has 0 aliphatic heterocycles. The van der Waals surface area contributed by atoms with E-state index in [1.165, 1.54) is 28.7 Å². The van der Waals surface area contributed by atoms with Crippen molar-refractivity contribution in [1.29, 1.82) is 0 Å². The first-order valence-electron chi connectivity index (χ1n) is 7.86. The second kappa shape index (κ2) is 6.61. The van der Waals surface area contributed by atoms with Crippen LogP contribution in [0.5, 0.6) is 0 Å². The minimum atomic E-state index is -0.182. The smallest absolute Gasteiger partial charge is 0.236 e. The molecule has 26 heavy (non-hydrogen) atoms. The Bertz CT molecular complexity index is 1130. The lowest BCUT2D eigenvalue weighted by Gasteiger charge is -2.00. The highest BCUT2D eigenvalue weighted by atomic mass is 32.2. The number of benzene rings is 1. The van der Waals surface area contributed by atoms with Gasteiger partial charge in [-0.15, -0.1) is 20.4 Å². The number of amides is 1. The van der Waals surface area contributed by atoms with Crippen molar-refractivity contribution in [3.05, 3.63) is 28.3 Å². The van der Waals surface area contributed by atoms with E-state index < -0.39 is 0 Å². The number of rotatable bonds is 4. The fraction of sp³-hybridized carbons (Fsp3) is 0.250. The quantitative estimate of drug-likeness (QED) is 0.520. The van der Waals surface area contributed by atoms with Crippen LogP contribution in [-0.2, 0) is 4.79 Å². The molecule has 0 spiro atoms. The summed E-state index contributed by atoms with van der Waals surface area (Å²) < 4.78 is 0. The van der Waals surface area contributed by atoms with E-state index in [2.05, 4.69) is 54.7 Å². The molecule has 0 aliphatic rings. The van der Waals surface area contributed by atoms with Crippen LogP contribution in [0.3, 0.4) is 0 Å². The number of fused-ring (bicyclic) bond motifs is 3. The van der Waals surface area contributed by atoms with E-state index in [1.54, 1.807) is 0 Å². The predicted octanol–water partition coefficient (Wildman–Crippen LogP) is 3.01. The molecule has 0 bridgehead atoms. The van der Waals surface area contributed by atoms with Crippen LogP contribution in [0.2, 0.25) is 0 Å². The van der Waals surface area contributed by atoms with Gasteiger partial charge in [0.1, 0.15) is 10.5 Å². The van der Waals surface area contributed by atoms with Gasteiger partial charge in [-0.3, -0.25) is 10.1 Å². The Labute approximate surface area is 156 Å². The van der Waals surface area contributed by atoms with E-state index in [9.17, 15) is 4.79 Å². The van der Waals surface area contributed by atoms with Crippen molar-refractivity contribution in [2.75, 3.05) is 11.1 Å². The summed E-state index contributed by atoms with van der Waals surface area (Å²) >= 11 is 2.56. The number of hydrogen-bond donors (Lipinski definition) is 2. The molecule has 0 aliphatic carbocycles. The molecule has 4 rings (SSSR count). The highest BCUT2D eigenvalue weighted by Gasteiger charge is 2.13. The molecule has 1 aromatic carbocycles. The second-order valence-corrected chi connectivity index (χ2v) is 8.01. The lowest BCUT2D eigenvalue weighted by molar-refractivity contribution is -0.113. The first kappa shape index (κ1) is 16.9. The molecule has 0 radical (unpaired) electrons. The monoisotopic (exact) mass is 385 g/mol. The fourth-order valence-electron chi connectivity index (χ4n) is 2.77. The first-order valence-corrected chi connectivity index (χ1v) is 9.66. The maximum atomic E-state index is 12.0. The third kappa shape index (κ3) is 3.25. The molecule has 132 valence electrons. The molecule has 10 heteroatoms. The maximum Gasteiger partial charge on any atom is 0.236 e. The average molecular weight is 385 g/mol. The zero-order valence-corrected chi connectivity index (χ0v) is 16.0. The Balaban J connectivity index is 1.53. The Morgan fingerprint density at radius 1 is 1.19 bits per heavy atom. The van der Waals surface area contributed by atoms with Crippen LogP contribution in [0, 0.1) is 20.8 Å². The van der Waals surface area contributed by atoms with Gasteiger partial charge in [0.15, 0.2) is 5.65 Å². The topological polar surface area (TPSA) is 109 Å². The van der Waals surface area contributed by atoms with Crippen LogP contribution in [-0.4, -0.2) is 42.0 Å². The molecule has 1 amide bonds. The van der Waals surface area contributed by atoms with Gasteiger partial charge in [0, 0.05) is 10.9 Å². The maximum absolute atomic E-state index is 12.0. The van der Waals surface area contributed by atoms with Gasteiger partial charge in [-0.2, -0.15) is 0 Å². The number of aromatic amines is 1. The van der Waals surface area contributed by atoms with Crippen LogP contribution in [0.1, 0.15) is 16.1 Å².